The van der Waals surface area contributed by atoms with Crippen molar-refractivity contribution in [3.05, 3.63) is 59.7 Å². The SMILES string of the molecule is CC(=O)c1cccc(OCCOc2ccc(C)cc2)c1. The van der Waals surface area contributed by atoms with E-state index in [1.807, 2.05) is 43.3 Å². The highest BCUT2D eigenvalue weighted by atomic mass is 16.5. The molecular weight excluding hydrogens is 252 g/mol. The van der Waals surface area contributed by atoms with E-state index in [1.54, 1.807) is 19.1 Å². The van der Waals surface area contributed by atoms with Gasteiger partial charge in [-0.2, -0.15) is 0 Å². The van der Waals surface area contributed by atoms with Crippen LogP contribution in [0.4, 0.5) is 0 Å². The molecule has 2 aromatic carbocycles. The third-order valence-electron chi connectivity index (χ3n) is 2.88. The summed E-state index contributed by atoms with van der Waals surface area (Å²) in [5.41, 5.74) is 1.86. The molecule has 2 rings (SSSR count). The van der Waals surface area contributed by atoms with E-state index in [1.165, 1.54) is 5.56 Å². The topological polar surface area (TPSA) is 35.5 Å². The van der Waals surface area contributed by atoms with Crippen molar-refractivity contribution >= 4 is 5.78 Å². The maximum absolute atomic E-state index is 11.3. The Morgan fingerprint density at radius 1 is 0.950 bits per heavy atom. The minimum atomic E-state index is 0.0337. The first-order valence-corrected chi connectivity index (χ1v) is 6.58. The summed E-state index contributed by atoms with van der Waals surface area (Å²) in [5.74, 6) is 1.55. The van der Waals surface area contributed by atoms with Crippen molar-refractivity contribution in [3.63, 3.8) is 0 Å². The van der Waals surface area contributed by atoms with Gasteiger partial charge >= 0.3 is 0 Å². The molecule has 0 aliphatic rings. The van der Waals surface area contributed by atoms with Gasteiger partial charge in [-0.15, -0.1) is 0 Å². The average molecular weight is 270 g/mol. The molecule has 0 radical (unpaired) electrons. The Kier molecular flexibility index (Phi) is 4.77. The second-order valence-electron chi connectivity index (χ2n) is 4.59. The molecule has 3 heteroatoms. The molecule has 0 amide bonds. The monoisotopic (exact) mass is 270 g/mol. The van der Waals surface area contributed by atoms with Crippen molar-refractivity contribution in [3.8, 4) is 11.5 Å². The summed E-state index contributed by atoms with van der Waals surface area (Å²) in [6, 6.07) is 15.0. The lowest BCUT2D eigenvalue weighted by molar-refractivity contribution is 0.101. The standard InChI is InChI=1S/C17H18O3/c1-13-6-8-16(9-7-13)19-10-11-20-17-5-3-4-15(12-17)14(2)18/h3-9,12H,10-11H2,1-2H3. The van der Waals surface area contributed by atoms with Crippen molar-refractivity contribution < 1.29 is 14.3 Å². The van der Waals surface area contributed by atoms with Crippen LogP contribution in [-0.4, -0.2) is 19.0 Å². The van der Waals surface area contributed by atoms with Crippen LogP contribution in [0.2, 0.25) is 0 Å². The van der Waals surface area contributed by atoms with Gasteiger partial charge in [0.15, 0.2) is 5.78 Å². The molecule has 20 heavy (non-hydrogen) atoms. The maximum Gasteiger partial charge on any atom is 0.159 e. The predicted octanol–water partition coefficient (Wildman–Crippen LogP) is 3.66. The average Bonchev–Trinajstić information content (AvgIpc) is 2.46. The van der Waals surface area contributed by atoms with E-state index in [-0.39, 0.29) is 5.78 Å². The fourth-order valence-electron chi connectivity index (χ4n) is 1.76. The van der Waals surface area contributed by atoms with Gasteiger partial charge in [0.05, 0.1) is 0 Å². The molecule has 0 atom stereocenters. The number of carbonyl (C=O) groups excluding carboxylic acids is 1. The smallest absolute Gasteiger partial charge is 0.159 e. The Bertz CT molecular complexity index is 573. The molecule has 0 saturated heterocycles. The van der Waals surface area contributed by atoms with Crippen molar-refractivity contribution in [2.75, 3.05) is 13.2 Å². The molecular formula is C17H18O3. The van der Waals surface area contributed by atoms with Gasteiger partial charge in [-0.1, -0.05) is 29.8 Å². The van der Waals surface area contributed by atoms with Crippen LogP contribution in [0.5, 0.6) is 11.5 Å². The van der Waals surface area contributed by atoms with Crippen LogP contribution < -0.4 is 9.47 Å². The summed E-state index contributed by atoms with van der Waals surface area (Å²) in [5, 5.41) is 0. The molecule has 0 aliphatic carbocycles. The summed E-state index contributed by atoms with van der Waals surface area (Å²) < 4.78 is 11.1. The fraction of sp³-hybridized carbons (Fsp3) is 0.235. The van der Waals surface area contributed by atoms with Crippen molar-refractivity contribution in [2.24, 2.45) is 0 Å². The normalized spacial score (nSPS) is 10.1. The Labute approximate surface area is 119 Å². The van der Waals surface area contributed by atoms with E-state index in [2.05, 4.69) is 0 Å². The zero-order valence-corrected chi connectivity index (χ0v) is 11.8. The maximum atomic E-state index is 11.3. The summed E-state index contributed by atoms with van der Waals surface area (Å²) in [6.45, 7) is 4.48. The lowest BCUT2D eigenvalue weighted by Gasteiger charge is -2.09. The van der Waals surface area contributed by atoms with Crippen LogP contribution in [0.15, 0.2) is 48.5 Å². The molecule has 0 bridgehead atoms. The van der Waals surface area contributed by atoms with Crippen LogP contribution in [0, 0.1) is 6.92 Å². The van der Waals surface area contributed by atoms with E-state index in [0.29, 0.717) is 24.5 Å². The number of ketones is 1. The van der Waals surface area contributed by atoms with Gasteiger partial charge in [0.2, 0.25) is 0 Å². The van der Waals surface area contributed by atoms with Crippen molar-refractivity contribution in [1.82, 2.24) is 0 Å². The zero-order chi connectivity index (χ0) is 14.4. The van der Waals surface area contributed by atoms with Crippen LogP contribution >= 0.6 is 0 Å². The number of hydrogen-bond acceptors (Lipinski definition) is 3. The molecule has 3 nitrogen and oxygen atoms in total. The second-order valence-corrected chi connectivity index (χ2v) is 4.59. The molecule has 0 fully saturated rings. The van der Waals surface area contributed by atoms with Crippen LogP contribution in [0.25, 0.3) is 0 Å². The third kappa shape index (κ3) is 4.12. The molecule has 0 saturated carbocycles. The summed E-state index contributed by atoms with van der Waals surface area (Å²) >= 11 is 0. The first-order chi connectivity index (χ1) is 9.65. The molecule has 0 unspecified atom stereocenters. The minimum Gasteiger partial charge on any atom is -0.490 e. The highest BCUT2D eigenvalue weighted by Gasteiger charge is 2.01. The highest BCUT2D eigenvalue weighted by molar-refractivity contribution is 5.94. The lowest BCUT2D eigenvalue weighted by atomic mass is 10.1. The zero-order valence-electron chi connectivity index (χ0n) is 11.8. The van der Waals surface area contributed by atoms with E-state index < -0.39 is 0 Å². The van der Waals surface area contributed by atoms with Gasteiger partial charge in [0, 0.05) is 5.56 Å². The summed E-state index contributed by atoms with van der Waals surface area (Å²) in [7, 11) is 0. The van der Waals surface area contributed by atoms with Gasteiger partial charge in [-0.25, -0.2) is 0 Å². The molecule has 0 N–H and O–H groups in total. The van der Waals surface area contributed by atoms with Crippen LogP contribution in [0.1, 0.15) is 22.8 Å². The number of Topliss-reactive ketones (excluding diaryl/α,β-unsaturated/α-hetero) is 1. The highest BCUT2D eigenvalue weighted by Crippen LogP contribution is 2.14. The van der Waals surface area contributed by atoms with E-state index in [0.717, 1.165) is 5.75 Å². The van der Waals surface area contributed by atoms with E-state index in [4.69, 9.17) is 9.47 Å². The van der Waals surface area contributed by atoms with Gasteiger partial charge < -0.3 is 9.47 Å². The molecule has 0 spiro atoms. The molecule has 0 aliphatic heterocycles. The largest absolute Gasteiger partial charge is 0.490 e. The lowest BCUT2D eigenvalue weighted by Crippen LogP contribution is -2.09. The second kappa shape index (κ2) is 6.75. The Morgan fingerprint density at radius 3 is 2.25 bits per heavy atom. The molecule has 104 valence electrons. The van der Waals surface area contributed by atoms with Crippen molar-refractivity contribution in [2.45, 2.75) is 13.8 Å². The third-order valence-corrected chi connectivity index (χ3v) is 2.88. The van der Waals surface area contributed by atoms with Crippen molar-refractivity contribution in [1.29, 1.82) is 0 Å². The predicted molar refractivity (Wildman–Crippen MR) is 78.6 cm³/mol. The Hall–Kier alpha value is -2.29. The summed E-state index contributed by atoms with van der Waals surface area (Å²) in [6.07, 6.45) is 0. The van der Waals surface area contributed by atoms with Crippen LogP contribution in [-0.2, 0) is 0 Å². The van der Waals surface area contributed by atoms with Gasteiger partial charge in [0.1, 0.15) is 24.7 Å². The number of benzene rings is 2. The molecule has 0 heterocycles. The minimum absolute atomic E-state index is 0.0337. The number of carbonyl (C=O) groups is 1. The van der Waals surface area contributed by atoms with E-state index >= 15 is 0 Å². The molecule has 2 aromatic rings. The molecule has 0 aromatic heterocycles. The fourth-order valence-corrected chi connectivity index (χ4v) is 1.76. The quantitative estimate of drug-likeness (QED) is 0.593. The van der Waals surface area contributed by atoms with Gasteiger partial charge in [0.25, 0.3) is 0 Å². The van der Waals surface area contributed by atoms with E-state index in [9.17, 15) is 4.79 Å². The Balaban J connectivity index is 1.79. The number of ether oxygens (including phenoxy) is 2. The first kappa shape index (κ1) is 14.1. The number of aryl methyl sites for hydroxylation is 1. The summed E-state index contributed by atoms with van der Waals surface area (Å²) in [4.78, 5) is 11.3. The first-order valence-electron chi connectivity index (χ1n) is 6.58. The van der Waals surface area contributed by atoms with Crippen LogP contribution in [0.3, 0.4) is 0 Å². The van der Waals surface area contributed by atoms with Gasteiger partial charge in [-0.3, -0.25) is 4.79 Å². The number of hydrogen-bond donors (Lipinski definition) is 0. The number of rotatable bonds is 6. The Morgan fingerprint density at radius 2 is 1.60 bits per heavy atom. The van der Waals surface area contributed by atoms with Gasteiger partial charge in [-0.05, 0) is 38.1 Å².